The molecule has 58 valence electrons. The van der Waals surface area contributed by atoms with Crippen molar-refractivity contribution in [3.05, 3.63) is 35.6 Å². The molecule has 11 heavy (non-hydrogen) atoms. The summed E-state index contributed by atoms with van der Waals surface area (Å²) in [7, 11) is 0. The number of benzene rings is 1. The first-order valence-electron chi connectivity index (χ1n) is 3.43. The Bertz CT molecular complexity index is 268. The van der Waals surface area contributed by atoms with Crippen LogP contribution in [0.5, 0.6) is 0 Å². The summed E-state index contributed by atoms with van der Waals surface area (Å²) in [6.45, 7) is 1.45. The summed E-state index contributed by atoms with van der Waals surface area (Å²) in [6.07, 6.45) is 0.187. The summed E-state index contributed by atoms with van der Waals surface area (Å²) in [5.74, 6) is -0.321. The SMILES string of the molecule is CC(=O)Cc1ccccc1F. The first-order chi connectivity index (χ1) is 5.20. The second kappa shape index (κ2) is 3.28. The highest BCUT2D eigenvalue weighted by molar-refractivity contribution is 5.78. The van der Waals surface area contributed by atoms with Gasteiger partial charge < -0.3 is 0 Å². The van der Waals surface area contributed by atoms with E-state index in [9.17, 15) is 9.18 Å². The Morgan fingerprint density at radius 1 is 1.45 bits per heavy atom. The molecule has 0 aliphatic carbocycles. The summed E-state index contributed by atoms with van der Waals surface area (Å²) in [5, 5.41) is 0. The number of hydrogen-bond donors (Lipinski definition) is 0. The Balaban J connectivity index is 2.86. The fraction of sp³-hybridized carbons (Fsp3) is 0.222. The Morgan fingerprint density at radius 2 is 2.09 bits per heavy atom. The molecule has 0 N–H and O–H groups in total. The van der Waals surface area contributed by atoms with Crippen LogP contribution in [0.2, 0.25) is 0 Å². The number of carbonyl (C=O) groups is 1. The van der Waals surface area contributed by atoms with Gasteiger partial charge in [-0.25, -0.2) is 4.39 Å². The van der Waals surface area contributed by atoms with Crippen molar-refractivity contribution < 1.29 is 9.18 Å². The standard InChI is InChI=1S/C9H9FO/c1-7(11)6-8-4-2-3-5-9(8)10/h2-5H,6H2,1H3. The van der Waals surface area contributed by atoms with Crippen LogP contribution in [-0.4, -0.2) is 5.78 Å². The zero-order valence-electron chi connectivity index (χ0n) is 6.30. The normalized spacial score (nSPS) is 9.64. The van der Waals surface area contributed by atoms with E-state index in [1.165, 1.54) is 13.0 Å². The van der Waals surface area contributed by atoms with Crippen molar-refractivity contribution in [2.75, 3.05) is 0 Å². The minimum absolute atomic E-state index is 0.0184. The lowest BCUT2D eigenvalue weighted by Crippen LogP contribution is -1.98. The van der Waals surface area contributed by atoms with E-state index in [4.69, 9.17) is 0 Å². The molecule has 0 saturated heterocycles. The maximum Gasteiger partial charge on any atom is 0.134 e. The van der Waals surface area contributed by atoms with E-state index in [0.29, 0.717) is 5.56 Å². The average molecular weight is 152 g/mol. The van der Waals surface area contributed by atoms with Gasteiger partial charge in [0.25, 0.3) is 0 Å². The maximum atomic E-state index is 12.8. The predicted octanol–water partition coefficient (Wildman–Crippen LogP) is 1.96. The van der Waals surface area contributed by atoms with E-state index >= 15 is 0 Å². The molecular weight excluding hydrogens is 143 g/mol. The molecule has 0 aliphatic rings. The molecule has 0 radical (unpaired) electrons. The number of ketones is 1. The maximum absolute atomic E-state index is 12.8. The van der Waals surface area contributed by atoms with Crippen molar-refractivity contribution in [1.82, 2.24) is 0 Å². The van der Waals surface area contributed by atoms with Crippen LogP contribution in [0.1, 0.15) is 12.5 Å². The highest BCUT2D eigenvalue weighted by Gasteiger charge is 2.01. The van der Waals surface area contributed by atoms with E-state index in [1.54, 1.807) is 18.2 Å². The fourth-order valence-electron chi connectivity index (χ4n) is 0.910. The number of Topliss-reactive ketones (excluding diaryl/α,β-unsaturated/α-hetero) is 1. The molecule has 0 amide bonds. The zero-order chi connectivity index (χ0) is 8.27. The third-order valence-corrected chi connectivity index (χ3v) is 1.40. The van der Waals surface area contributed by atoms with Gasteiger partial charge in [-0.3, -0.25) is 4.79 Å². The van der Waals surface area contributed by atoms with Crippen LogP contribution in [0, 0.1) is 5.82 Å². The van der Waals surface area contributed by atoms with Gasteiger partial charge in [0.1, 0.15) is 11.6 Å². The summed E-state index contributed by atoms with van der Waals surface area (Å²) < 4.78 is 12.8. The number of carbonyl (C=O) groups excluding carboxylic acids is 1. The van der Waals surface area contributed by atoms with Crippen molar-refractivity contribution in [1.29, 1.82) is 0 Å². The molecule has 0 saturated carbocycles. The van der Waals surface area contributed by atoms with Crippen LogP contribution in [0.25, 0.3) is 0 Å². The second-order valence-corrected chi connectivity index (χ2v) is 2.47. The van der Waals surface area contributed by atoms with Gasteiger partial charge in [-0.15, -0.1) is 0 Å². The number of halogens is 1. The quantitative estimate of drug-likeness (QED) is 0.633. The van der Waals surface area contributed by atoms with Crippen molar-refractivity contribution in [3.8, 4) is 0 Å². The third kappa shape index (κ3) is 2.15. The molecule has 0 atom stereocenters. The van der Waals surface area contributed by atoms with Crippen LogP contribution in [0.3, 0.4) is 0 Å². The van der Waals surface area contributed by atoms with Gasteiger partial charge in [0, 0.05) is 6.42 Å². The summed E-state index contributed by atoms with van der Waals surface area (Å²) in [4.78, 5) is 10.6. The Morgan fingerprint density at radius 3 is 2.64 bits per heavy atom. The molecule has 1 rings (SSSR count). The summed E-state index contributed by atoms with van der Waals surface area (Å²) in [5.41, 5.74) is 0.472. The number of hydrogen-bond acceptors (Lipinski definition) is 1. The topological polar surface area (TPSA) is 17.1 Å². The molecule has 0 unspecified atom stereocenters. The van der Waals surface area contributed by atoms with E-state index < -0.39 is 0 Å². The van der Waals surface area contributed by atoms with Gasteiger partial charge in [-0.05, 0) is 18.6 Å². The molecule has 0 aromatic heterocycles. The Hall–Kier alpha value is -1.18. The van der Waals surface area contributed by atoms with Crippen molar-refractivity contribution in [2.24, 2.45) is 0 Å². The van der Waals surface area contributed by atoms with Gasteiger partial charge in [0.2, 0.25) is 0 Å². The van der Waals surface area contributed by atoms with E-state index in [0.717, 1.165) is 0 Å². The molecule has 1 aromatic rings. The van der Waals surface area contributed by atoms with Gasteiger partial charge in [-0.2, -0.15) is 0 Å². The van der Waals surface area contributed by atoms with Crippen LogP contribution >= 0.6 is 0 Å². The van der Waals surface area contributed by atoms with Crippen molar-refractivity contribution >= 4 is 5.78 Å². The molecular formula is C9H9FO. The molecule has 2 heteroatoms. The van der Waals surface area contributed by atoms with Gasteiger partial charge in [0.15, 0.2) is 0 Å². The minimum Gasteiger partial charge on any atom is -0.300 e. The van der Waals surface area contributed by atoms with Gasteiger partial charge >= 0.3 is 0 Å². The molecule has 0 spiro atoms. The van der Waals surface area contributed by atoms with E-state index in [-0.39, 0.29) is 18.0 Å². The summed E-state index contributed by atoms with van der Waals surface area (Å²) in [6, 6.07) is 6.31. The highest BCUT2D eigenvalue weighted by atomic mass is 19.1. The monoisotopic (exact) mass is 152 g/mol. The average Bonchev–Trinajstić information content (AvgIpc) is 1.93. The highest BCUT2D eigenvalue weighted by Crippen LogP contribution is 2.06. The fourth-order valence-corrected chi connectivity index (χ4v) is 0.910. The van der Waals surface area contributed by atoms with Crippen molar-refractivity contribution in [2.45, 2.75) is 13.3 Å². The molecule has 1 aromatic carbocycles. The molecule has 0 aliphatic heterocycles. The van der Waals surface area contributed by atoms with Crippen LogP contribution < -0.4 is 0 Å². The summed E-state index contributed by atoms with van der Waals surface area (Å²) >= 11 is 0. The third-order valence-electron chi connectivity index (χ3n) is 1.40. The molecule has 0 fully saturated rings. The molecule has 1 nitrogen and oxygen atoms in total. The van der Waals surface area contributed by atoms with E-state index in [2.05, 4.69) is 0 Å². The second-order valence-electron chi connectivity index (χ2n) is 2.47. The Labute approximate surface area is 64.9 Å². The smallest absolute Gasteiger partial charge is 0.134 e. The first-order valence-corrected chi connectivity index (χ1v) is 3.43. The molecule has 0 bridgehead atoms. The lowest BCUT2D eigenvalue weighted by atomic mass is 10.1. The predicted molar refractivity (Wildman–Crippen MR) is 40.8 cm³/mol. The van der Waals surface area contributed by atoms with Gasteiger partial charge in [0.05, 0.1) is 0 Å². The molecule has 0 heterocycles. The zero-order valence-corrected chi connectivity index (χ0v) is 6.30. The van der Waals surface area contributed by atoms with Crippen molar-refractivity contribution in [3.63, 3.8) is 0 Å². The lowest BCUT2D eigenvalue weighted by Gasteiger charge is -1.97. The Kier molecular flexibility index (Phi) is 2.36. The minimum atomic E-state index is -0.303. The van der Waals surface area contributed by atoms with Crippen LogP contribution in [0.4, 0.5) is 4.39 Å². The first kappa shape index (κ1) is 7.92. The lowest BCUT2D eigenvalue weighted by molar-refractivity contribution is -0.116. The van der Waals surface area contributed by atoms with Crippen LogP contribution in [-0.2, 0) is 11.2 Å². The number of rotatable bonds is 2. The van der Waals surface area contributed by atoms with Gasteiger partial charge in [-0.1, -0.05) is 18.2 Å². The van der Waals surface area contributed by atoms with Crippen LogP contribution in [0.15, 0.2) is 24.3 Å². The largest absolute Gasteiger partial charge is 0.300 e. The van der Waals surface area contributed by atoms with E-state index in [1.807, 2.05) is 0 Å².